The number of benzene rings is 1. The molecule has 1 unspecified atom stereocenters. The normalized spacial score (nSPS) is 12.8. The van der Waals surface area contributed by atoms with Crippen molar-refractivity contribution in [2.45, 2.75) is 33.6 Å². The van der Waals surface area contributed by atoms with E-state index >= 15 is 0 Å². The van der Waals surface area contributed by atoms with Crippen LogP contribution in [0.25, 0.3) is 0 Å². The van der Waals surface area contributed by atoms with Gasteiger partial charge in [0.05, 0.1) is 0 Å². The van der Waals surface area contributed by atoms with Gasteiger partial charge in [-0.1, -0.05) is 55.1 Å². The lowest BCUT2D eigenvalue weighted by Gasteiger charge is -2.12. The van der Waals surface area contributed by atoms with Gasteiger partial charge in [0.2, 0.25) is 0 Å². The molecule has 0 N–H and O–H groups in total. The molecule has 0 heterocycles. The summed E-state index contributed by atoms with van der Waals surface area (Å²) in [4.78, 5) is 0. The highest BCUT2D eigenvalue weighted by Gasteiger charge is 2.04. The fourth-order valence-corrected chi connectivity index (χ4v) is 1.44. The highest BCUT2D eigenvalue weighted by Crippen LogP contribution is 2.10. The van der Waals surface area contributed by atoms with Gasteiger partial charge in [-0.05, 0) is 19.3 Å². The Morgan fingerprint density at radius 1 is 1.38 bits per heavy atom. The molecule has 0 nitrogen and oxygen atoms in total. The first kappa shape index (κ1) is 10.4. The van der Waals surface area contributed by atoms with Crippen molar-refractivity contribution >= 4 is 13.3 Å². The third-order valence-corrected chi connectivity index (χ3v) is 2.68. The van der Waals surface area contributed by atoms with Gasteiger partial charge < -0.3 is 0 Å². The van der Waals surface area contributed by atoms with Gasteiger partial charge in [-0.3, -0.25) is 0 Å². The Morgan fingerprint density at radius 3 is 2.69 bits per heavy atom. The minimum absolute atomic E-state index is 0.726. The van der Waals surface area contributed by atoms with Crippen molar-refractivity contribution in [1.82, 2.24) is 0 Å². The molecule has 68 valence electrons. The lowest BCUT2D eigenvalue weighted by molar-refractivity contribution is 0.561. The van der Waals surface area contributed by atoms with Crippen LogP contribution in [-0.2, 0) is 6.42 Å². The van der Waals surface area contributed by atoms with E-state index in [1.807, 2.05) is 0 Å². The second kappa shape index (κ2) is 4.50. The van der Waals surface area contributed by atoms with Crippen molar-refractivity contribution in [1.29, 1.82) is 0 Å². The smallest absolute Gasteiger partial charge is 0.0907 e. The van der Waals surface area contributed by atoms with Crippen molar-refractivity contribution < 1.29 is 0 Å². The largest absolute Gasteiger partial charge is 0.114 e. The van der Waals surface area contributed by atoms with Crippen LogP contribution in [0.15, 0.2) is 18.2 Å². The third-order valence-electron chi connectivity index (χ3n) is 2.68. The molecule has 0 spiro atoms. The minimum atomic E-state index is 0.726. The molecule has 0 amide bonds. The molecule has 0 saturated heterocycles. The van der Waals surface area contributed by atoms with Crippen LogP contribution >= 0.6 is 0 Å². The summed E-state index contributed by atoms with van der Waals surface area (Å²) >= 11 is 0. The minimum Gasteiger partial charge on any atom is -0.0907 e. The van der Waals surface area contributed by atoms with Crippen LogP contribution < -0.4 is 5.46 Å². The Bertz CT molecular complexity index is 278. The topological polar surface area (TPSA) is 0 Å². The molecule has 0 aliphatic carbocycles. The Balaban J connectivity index is 2.83. The highest BCUT2D eigenvalue weighted by molar-refractivity contribution is 6.34. The molecule has 0 aromatic heterocycles. The molecule has 2 radical (unpaired) electrons. The second-order valence-corrected chi connectivity index (χ2v) is 3.87. The first-order valence-corrected chi connectivity index (χ1v) is 4.99. The standard InChI is InChI=1S/C12H17B/c1-4-9(2)8-11-7-5-6-10(3)12(11)13/h5-7,9H,4,8H2,1-3H3. The summed E-state index contributed by atoms with van der Waals surface area (Å²) in [6.07, 6.45) is 2.32. The predicted octanol–water partition coefficient (Wildman–Crippen LogP) is 2.38. The zero-order valence-corrected chi connectivity index (χ0v) is 8.80. The van der Waals surface area contributed by atoms with Crippen LogP contribution in [0.3, 0.4) is 0 Å². The van der Waals surface area contributed by atoms with Gasteiger partial charge in [0.25, 0.3) is 0 Å². The maximum absolute atomic E-state index is 5.99. The Morgan fingerprint density at radius 2 is 2.08 bits per heavy atom. The third kappa shape index (κ3) is 2.62. The zero-order valence-electron chi connectivity index (χ0n) is 8.80. The fourth-order valence-electron chi connectivity index (χ4n) is 1.44. The Kier molecular flexibility index (Phi) is 3.59. The summed E-state index contributed by atoms with van der Waals surface area (Å²) in [6, 6.07) is 6.29. The zero-order chi connectivity index (χ0) is 9.84. The lowest BCUT2D eigenvalue weighted by Crippen LogP contribution is -2.16. The van der Waals surface area contributed by atoms with E-state index in [0.717, 1.165) is 17.8 Å². The van der Waals surface area contributed by atoms with Crippen molar-refractivity contribution in [2.24, 2.45) is 5.92 Å². The van der Waals surface area contributed by atoms with Gasteiger partial charge in [0.1, 0.15) is 7.85 Å². The quantitative estimate of drug-likeness (QED) is 0.614. The summed E-state index contributed by atoms with van der Waals surface area (Å²) in [7, 11) is 5.99. The van der Waals surface area contributed by atoms with E-state index in [1.165, 1.54) is 17.5 Å². The van der Waals surface area contributed by atoms with Crippen molar-refractivity contribution in [3.8, 4) is 0 Å². The lowest BCUT2D eigenvalue weighted by atomic mass is 9.83. The van der Waals surface area contributed by atoms with Crippen LogP contribution in [-0.4, -0.2) is 7.85 Å². The van der Waals surface area contributed by atoms with Gasteiger partial charge in [-0.2, -0.15) is 0 Å². The first-order chi connectivity index (χ1) is 6.15. The van der Waals surface area contributed by atoms with E-state index in [-0.39, 0.29) is 0 Å². The number of rotatable bonds is 3. The Labute approximate surface area is 82.8 Å². The van der Waals surface area contributed by atoms with E-state index in [0.29, 0.717) is 0 Å². The summed E-state index contributed by atoms with van der Waals surface area (Å²) in [5.41, 5.74) is 3.47. The number of hydrogen-bond donors (Lipinski definition) is 0. The van der Waals surface area contributed by atoms with Crippen molar-refractivity contribution in [3.63, 3.8) is 0 Å². The SMILES string of the molecule is [B]c1c(C)cccc1CC(C)CC. The van der Waals surface area contributed by atoms with E-state index in [9.17, 15) is 0 Å². The second-order valence-electron chi connectivity index (χ2n) is 3.87. The van der Waals surface area contributed by atoms with Crippen LogP contribution in [0, 0.1) is 12.8 Å². The van der Waals surface area contributed by atoms with E-state index in [2.05, 4.69) is 39.0 Å². The van der Waals surface area contributed by atoms with E-state index < -0.39 is 0 Å². The average Bonchev–Trinajstić information content (AvgIpc) is 2.13. The molecule has 0 aliphatic rings. The van der Waals surface area contributed by atoms with Crippen molar-refractivity contribution in [2.75, 3.05) is 0 Å². The fraction of sp³-hybridized carbons (Fsp3) is 0.500. The number of hydrogen-bond acceptors (Lipinski definition) is 0. The van der Waals surface area contributed by atoms with E-state index in [1.54, 1.807) is 0 Å². The molecule has 0 saturated carbocycles. The summed E-state index contributed by atoms with van der Waals surface area (Å²) < 4.78 is 0. The molecule has 0 fully saturated rings. The maximum atomic E-state index is 5.99. The Hall–Kier alpha value is -0.715. The monoisotopic (exact) mass is 172 g/mol. The summed E-state index contributed by atoms with van der Waals surface area (Å²) in [5, 5.41) is 0. The van der Waals surface area contributed by atoms with Gasteiger partial charge in [0, 0.05) is 0 Å². The molecule has 1 atom stereocenters. The number of aryl methyl sites for hydroxylation is 1. The molecule has 1 aromatic carbocycles. The maximum Gasteiger partial charge on any atom is 0.114 e. The molecule has 0 aliphatic heterocycles. The summed E-state index contributed by atoms with van der Waals surface area (Å²) in [5.74, 6) is 0.726. The van der Waals surface area contributed by atoms with Gasteiger partial charge in [-0.25, -0.2) is 0 Å². The predicted molar refractivity (Wildman–Crippen MR) is 59.7 cm³/mol. The molecular weight excluding hydrogens is 155 g/mol. The van der Waals surface area contributed by atoms with Crippen LogP contribution in [0.1, 0.15) is 31.4 Å². The first-order valence-electron chi connectivity index (χ1n) is 4.99. The molecule has 0 bridgehead atoms. The van der Waals surface area contributed by atoms with Gasteiger partial charge >= 0.3 is 0 Å². The highest BCUT2D eigenvalue weighted by atomic mass is 14.1. The summed E-state index contributed by atoms with van der Waals surface area (Å²) in [6.45, 7) is 6.55. The van der Waals surface area contributed by atoms with Gasteiger partial charge in [0.15, 0.2) is 0 Å². The van der Waals surface area contributed by atoms with Crippen molar-refractivity contribution in [3.05, 3.63) is 29.3 Å². The molecular formula is C12H17B. The van der Waals surface area contributed by atoms with Crippen LogP contribution in [0.5, 0.6) is 0 Å². The molecule has 1 heteroatoms. The van der Waals surface area contributed by atoms with Crippen LogP contribution in [0.4, 0.5) is 0 Å². The average molecular weight is 172 g/mol. The van der Waals surface area contributed by atoms with Crippen LogP contribution in [0.2, 0.25) is 0 Å². The molecule has 1 rings (SSSR count). The van der Waals surface area contributed by atoms with E-state index in [4.69, 9.17) is 7.85 Å². The van der Waals surface area contributed by atoms with Gasteiger partial charge in [-0.15, -0.1) is 0 Å². The molecule has 1 aromatic rings. The molecule has 13 heavy (non-hydrogen) atoms.